The number of halogens is 1. The second kappa shape index (κ2) is 5.58. The van der Waals surface area contributed by atoms with E-state index >= 15 is 0 Å². The van der Waals surface area contributed by atoms with Gasteiger partial charge in [-0.3, -0.25) is 0 Å². The molecule has 3 rings (SSSR count). The summed E-state index contributed by atoms with van der Waals surface area (Å²) in [5, 5.41) is 8.31. The molecule has 1 aliphatic rings. The Morgan fingerprint density at radius 1 is 1.29 bits per heavy atom. The summed E-state index contributed by atoms with van der Waals surface area (Å²) in [5.74, 6) is 0.692. The molecular weight excluding hydrogens is 326 g/mol. The Hall–Kier alpha value is -1.13. The van der Waals surface area contributed by atoms with Gasteiger partial charge in [-0.2, -0.15) is 5.10 Å². The number of nitrogens with one attached hydrogen (secondary N) is 1. The van der Waals surface area contributed by atoms with Gasteiger partial charge in [-0.15, -0.1) is 0 Å². The molecule has 3 nitrogen and oxygen atoms in total. The van der Waals surface area contributed by atoms with Crippen molar-refractivity contribution in [1.82, 2.24) is 15.1 Å². The number of hydrogen-bond donors (Lipinski definition) is 1. The second-order valence-electron chi connectivity index (χ2n) is 6.84. The van der Waals surface area contributed by atoms with Crippen LogP contribution in [0, 0.1) is 0 Å². The highest BCUT2D eigenvalue weighted by Gasteiger charge is 2.26. The first-order chi connectivity index (χ1) is 9.92. The molecule has 0 amide bonds. The van der Waals surface area contributed by atoms with E-state index in [1.807, 2.05) is 4.68 Å². The summed E-state index contributed by atoms with van der Waals surface area (Å²) in [6.07, 6.45) is 4.66. The van der Waals surface area contributed by atoms with E-state index < -0.39 is 0 Å². The number of benzene rings is 1. The van der Waals surface area contributed by atoms with Crippen molar-refractivity contribution in [1.29, 1.82) is 0 Å². The molecule has 1 fully saturated rings. The molecule has 0 saturated heterocycles. The van der Waals surface area contributed by atoms with Gasteiger partial charge in [0, 0.05) is 28.7 Å². The Bertz CT molecular complexity index is 636. The maximum atomic E-state index is 4.75. The van der Waals surface area contributed by atoms with Crippen LogP contribution in [0.15, 0.2) is 34.9 Å². The molecule has 1 aromatic heterocycles. The lowest BCUT2D eigenvalue weighted by atomic mass is 10.1. The molecule has 1 saturated carbocycles. The van der Waals surface area contributed by atoms with Gasteiger partial charge in [0.25, 0.3) is 0 Å². The third-order valence-corrected chi connectivity index (χ3v) is 4.20. The third-order valence-electron chi connectivity index (χ3n) is 3.70. The van der Waals surface area contributed by atoms with Gasteiger partial charge in [0.05, 0.1) is 11.4 Å². The lowest BCUT2D eigenvalue weighted by Gasteiger charge is -2.21. The molecule has 1 aliphatic carbocycles. The highest BCUT2D eigenvalue weighted by Crippen LogP contribution is 2.39. The van der Waals surface area contributed by atoms with Gasteiger partial charge in [-0.1, -0.05) is 15.9 Å². The maximum Gasteiger partial charge on any atom is 0.0691 e. The van der Waals surface area contributed by atoms with E-state index in [0.717, 1.165) is 16.7 Å². The molecule has 0 unspecified atom stereocenters. The van der Waals surface area contributed by atoms with Crippen molar-refractivity contribution in [2.75, 3.05) is 0 Å². The zero-order valence-electron chi connectivity index (χ0n) is 12.9. The topological polar surface area (TPSA) is 29.9 Å². The van der Waals surface area contributed by atoms with Gasteiger partial charge in [-0.05, 0) is 63.4 Å². The lowest BCUT2D eigenvalue weighted by Crippen LogP contribution is -2.35. The Balaban J connectivity index is 1.88. The summed E-state index contributed by atoms with van der Waals surface area (Å²) in [5.41, 5.74) is 3.74. The fraction of sp³-hybridized carbons (Fsp3) is 0.471. The van der Waals surface area contributed by atoms with E-state index in [0.29, 0.717) is 5.92 Å². The van der Waals surface area contributed by atoms with Crippen molar-refractivity contribution in [3.63, 3.8) is 0 Å². The normalized spacial score (nSPS) is 15.4. The zero-order chi connectivity index (χ0) is 15.0. The molecule has 1 aromatic carbocycles. The van der Waals surface area contributed by atoms with E-state index in [1.165, 1.54) is 24.1 Å². The predicted octanol–water partition coefficient (Wildman–Crippen LogP) is 4.40. The highest BCUT2D eigenvalue weighted by molar-refractivity contribution is 9.10. The monoisotopic (exact) mass is 347 g/mol. The molecule has 2 aromatic rings. The van der Waals surface area contributed by atoms with Crippen LogP contribution in [0.25, 0.3) is 5.69 Å². The van der Waals surface area contributed by atoms with Crippen LogP contribution in [0.1, 0.15) is 50.8 Å². The molecule has 21 heavy (non-hydrogen) atoms. The molecule has 1 N–H and O–H groups in total. The number of hydrogen-bond acceptors (Lipinski definition) is 2. The van der Waals surface area contributed by atoms with E-state index in [4.69, 9.17) is 5.10 Å². The first-order valence-electron chi connectivity index (χ1n) is 7.52. The Kier molecular flexibility index (Phi) is 3.93. The standard InChI is InChI=1S/C17H22BrN3/c1-17(2,3)19-11-13-10-14(18)6-7-16(13)21-9-8-15(20-21)12-4-5-12/h6-10,12,19H,4-5,11H2,1-3H3. The summed E-state index contributed by atoms with van der Waals surface area (Å²) in [6.45, 7) is 7.38. The van der Waals surface area contributed by atoms with Crippen LogP contribution in [0.2, 0.25) is 0 Å². The van der Waals surface area contributed by atoms with Crippen LogP contribution >= 0.6 is 15.9 Å². The average Bonchev–Trinajstić information content (AvgIpc) is 3.14. The van der Waals surface area contributed by atoms with Crippen LogP contribution in [-0.2, 0) is 6.54 Å². The average molecular weight is 348 g/mol. The van der Waals surface area contributed by atoms with Gasteiger partial charge >= 0.3 is 0 Å². The molecule has 4 heteroatoms. The van der Waals surface area contributed by atoms with E-state index in [2.05, 4.69) is 72.5 Å². The second-order valence-corrected chi connectivity index (χ2v) is 7.75. The Labute approximate surface area is 134 Å². The Morgan fingerprint density at radius 2 is 2.05 bits per heavy atom. The fourth-order valence-corrected chi connectivity index (χ4v) is 2.76. The van der Waals surface area contributed by atoms with Crippen molar-refractivity contribution in [3.05, 3.63) is 46.2 Å². The van der Waals surface area contributed by atoms with Gasteiger partial charge in [0.2, 0.25) is 0 Å². The minimum Gasteiger partial charge on any atom is -0.308 e. The van der Waals surface area contributed by atoms with Crippen LogP contribution < -0.4 is 5.32 Å². The number of nitrogens with zero attached hydrogens (tertiary/aromatic N) is 2. The van der Waals surface area contributed by atoms with E-state index in [1.54, 1.807) is 0 Å². The summed E-state index contributed by atoms with van der Waals surface area (Å²) in [6, 6.07) is 8.54. The molecular formula is C17H22BrN3. The van der Waals surface area contributed by atoms with Gasteiger partial charge in [0.15, 0.2) is 0 Å². The Morgan fingerprint density at radius 3 is 2.71 bits per heavy atom. The van der Waals surface area contributed by atoms with Crippen molar-refractivity contribution in [2.24, 2.45) is 0 Å². The summed E-state index contributed by atoms with van der Waals surface area (Å²) >= 11 is 3.57. The first-order valence-corrected chi connectivity index (χ1v) is 8.31. The van der Waals surface area contributed by atoms with Crippen LogP contribution in [0.5, 0.6) is 0 Å². The van der Waals surface area contributed by atoms with Crippen LogP contribution in [-0.4, -0.2) is 15.3 Å². The van der Waals surface area contributed by atoms with Gasteiger partial charge in [-0.25, -0.2) is 4.68 Å². The lowest BCUT2D eigenvalue weighted by molar-refractivity contribution is 0.423. The van der Waals surface area contributed by atoms with Crippen molar-refractivity contribution < 1.29 is 0 Å². The number of aromatic nitrogens is 2. The van der Waals surface area contributed by atoms with Crippen molar-refractivity contribution >= 4 is 15.9 Å². The SMILES string of the molecule is CC(C)(C)NCc1cc(Br)ccc1-n1ccc(C2CC2)n1. The molecule has 0 aliphatic heterocycles. The van der Waals surface area contributed by atoms with Crippen molar-refractivity contribution in [2.45, 2.75) is 51.6 Å². The minimum absolute atomic E-state index is 0.100. The molecule has 1 heterocycles. The zero-order valence-corrected chi connectivity index (χ0v) is 14.4. The third kappa shape index (κ3) is 3.74. The smallest absolute Gasteiger partial charge is 0.0691 e. The summed E-state index contributed by atoms with van der Waals surface area (Å²) in [4.78, 5) is 0. The summed E-state index contributed by atoms with van der Waals surface area (Å²) in [7, 11) is 0. The molecule has 112 valence electrons. The predicted molar refractivity (Wildman–Crippen MR) is 89.8 cm³/mol. The quantitative estimate of drug-likeness (QED) is 0.888. The number of rotatable bonds is 4. The first kappa shape index (κ1) is 14.8. The van der Waals surface area contributed by atoms with Crippen molar-refractivity contribution in [3.8, 4) is 5.69 Å². The van der Waals surface area contributed by atoms with E-state index in [-0.39, 0.29) is 5.54 Å². The highest BCUT2D eigenvalue weighted by atomic mass is 79.9. The largest absolute Gasteiger partial charge is 0.308 e. The maximum absolute atomic E-state index is 4.75. The van der Waals surface area contributed by atoms with E-state index in [9.17, 15) is 0 Å². The van der Waals surface area contributed by atoms with Gasteiger partial charge < -0.3 is 5.32 Å². The minimum atomic E-state index is 0.100. The van der Waals surface area contributed by atoms with Gasteiger partial charge in [0.1, 0.15) is 0 Å². The molecule has 0 spiro atoms. The molecule has 0 bridgehead atoms. The summed E-state index contributed by atoms with van der Waals surface area (Å²) < 4.78 is 3.12. The van der Waals surface area contributed by atoms with Crippen LogP contribution in [0.3, 0.4) is 0 Å². The van der Waals surface area contributed by atoms with Crippen LogP contribution in [0.4, 0.5) is 0 Å². The fourth-order valence-electron chi connectivity index (χ4n) is 2.35. The molecule has 0 radical (unpaired) electrons. The molecule has 0 atom stereocenters.